The fourth-order valence-corrected chi connectivity index (χ4v) is 3.74. The van der Waals surface area contributed by atoms with Crippen LogP contribution in [0.2, 0.25) is 0 Å². The van der Waals surface area contributed by atoms with Crippen molar-refractivity contribution in [2.45, 2.75) is 6.54 Å². The van der Waals surface area contributed by atoms with Crippen molar-refractivity contribution in [1.82, 2.24) is 14.5 Å². The van der Waals surface area contributed by atoms with Gasteiger partial charge in [-0.3, -0.25) is 14.9 Å². The van der Waals surface area contributed by atoms with Gasteiger partial charge >= 0.3 is 0 Å². The number of para-hydroxylation sites is 1. The molecule has 1 aliphatic rings. The number of carbonyl (C=O) groups is 1. The fourth-order valence-electron chi connectivity index (χ4n) is 3.74. The third-order valence-electron chi connectivity index (χ3n) is 5.50. The Morgan fingerprint density at radius 1 is 1.20 bits per heavy atom. The van der Waals surface area contributed by atoms with Crippen molar-refractivity contribution in [3.63, 3.8) is 0 Å². The van der Waals surface area contributed by atoms with E-state index in [0.717, 1.165) is 24.4 Å². The van der Waals surface area contributed by atoms with Crippen LogP contribution in [0.5, 0.6) is 5.75 Å². The normalized spacial score (nSPS) is 14.8. The second-order valence-electron chi connectivity index (χ2n) is 7.43. The third kappa shape index (κ3) is 4.25. The van der Waals surface area contributed by atoms with Gasteiger partial charge in [-0.05, 0) is 18.2 Å². The number of aromatic nitrogens is 2. The molecule has 0 saturated carbocycles. The summed E-state index contributed by atoms with van der Waals surface area (Å²) in [7, 11) is 1.93. The molecule has 1 N–H and O–H groups in total. The average Bonchev–Trinajstić information content (AvgIpc) is 3.08. The number of nitro benzene ring substituents is 1. The molecule has 1 aliphatic heterocycles. The summed E-state index contributed by atoms with van der Waals surface area (Å²) in [6.07, 6.45) is 0. The van der Waals surface area contributed by atoms with Crippen LogP contribution in [0, 0.1) is 10.1 Å². The number of imidazole rings is 1. The number of fused-ring (bicyclic) bond motifs is 1. The Labute approximate surface area is 173 Å². The zero-order valence-electron chi connectivity index (χ0n) is 16.8. The predicted molar refractivity (Wildman–Crippen MR) is 110 cm³/mol. The molecule has 1 saturated heterocycles. The zero-order chi connectivity index (χ0) is 21.1. The second-order valence-corrected chi connectivity index (χ2v) is 7.43. The van der Waals surface area contributed by atoms with Gasteiger partial charge in [0.15, 0.2) is 12.4 Å². The second kappa shape index (κ2) is 8.50. The topological polar surface area (TPSA) is 94.9 Å². The Kier molecular flexibility index (Phi) is 5.62. The highest BCUT2D eigenvalue weighted by Crippen LogP contribution is 2.20. The van der Waals surface area contributed by atoms with Gasteiger partial charge in [0, 0.05) is 19.2 Å². The van der Waals surface area contributed by atoms with Crippen LogP contribution < -0.4 is 9.64 Å². The first-order valence-electron chi connectivity index (χ1n) is 9.90. The highest BCUT2D eigenvalue weighted by atomic mass is 16.6. The van der Waals surface area contributed by atoms with Crippen molar-refractivity contribution in [3.05, 3.63) is 64.5 Å². The number of ether oxygens (including phenoxy) is 1. The van der Waals surface area contributed by atoms with E-state index in [4.69, 9.17) is 4.74 Å². The lowest BCUT2D eigenvalue weighted by Crippen LogP contribution is -3.13. The van der Waals surface area contributed by atoms with Gasteiger partial charge in [-0.1, -0.05) is 18.2 Å². The summed E-state index contributed by atoms with van der Waals surface area (Å²) >= 11 is 0. The molecule has 9 heteroatoms. The molecule has 9 nitrogen and oxygen atoms in total. The number of nitrogens with zero attached hydrogens (tertiary/aromatic N) is 4. The minimum Gasteiger partial charge on any atom is -0.484 e. The maximum atomic E-state index is 12.4. The Morgan fingerprint density at radius 2 is 1.93 bits per heavy atom. The molecule has 1 aromatic heterocycles. The molecule has 156 valence electrons. The molecule has 0 atom stereocenters. The minimum absolute atomic E-state index is 0.00653. The SMILES string of the molecule is Cn1c(C[NH+]2CCN(C(=O)COc3ccccc3)CC2)nc2cc([N+](=O)[O-])ccc21. The molecule has 1 amide bonds. The molecular formula is C21H24N5O4+. The van der Waals surface area contributed by atoms with Crippen molar-refractivity contribution in [2.24, 2.45) is 7.05 Å². The van der Waals surface area contributed by atoms with Gasteiger partial charge in [0.05, 0.1) is 42.1 Å². The van der Waals surface area contributed by atoms with E-state index in [-0.39, 0.29) is 18.2 Å². The van der Waals surface area contributed by atoms with Crippen LogP contribution in [0.1, 0.15) is 5.82 Å². The highest BCUT2D eigenvalue weighted by molar-refractivity contribution is 5.79. The van der Waals surface area contributed by atoms with E-state index < -0.39 is 4.92 Å². The van der Waals surface area contributed by atoms with E-state index in [9.17, 15) is 14.9 Å². The van der Waals surface area contributed by atoms with Gasteiger partial charge < -0.3 is 19.1 Å². The molecule has 2 heterocycles. The standard InChI is InChI=1S/C21H23N5O4/c1-23-19-8-7-16(26(28)29)13-18(19)22-20(23)14-24-9-11-25(12-10-24)21(27)15-30-17-5-3-2-4-6-17/h2-8,13H,9-12,14-15H2,1H3/p+1. The molecule has 3 aromatic rings. The number of quaternary nitrogens is 1. The molecule has 4 rings (SSSR count). The number of hydrogen-bond donors (Lipinski definition) is 1. The van der Waals surface area contributed by atoms with Crippen LogP contribution in [0.15, 0.2) is 48.5 Å². The number of non-ortho nitro benzene ring substituents is 1. The number of amides is 1. The number of nitrogens with one attached hydrogen (secondary N) is 1. The van der Waals surface area contributed by atoms with Crippen LogP contribution >= 0.6 is 0 Å². The minimum atomic E-state index is -0.406. The molecule has 1 fully saturated rings. The summed E-state index contributed by atoms with van der Waals surface area (Å²) in [4.78, 5) is 30.8. The zero-order valence-corrected chi connectivity index (χ0v) is 16.8. The van der Waals surface area contributed by atoms with E-state index >= 15 is 0 Å². The number of piperazine rings is 1. The molecule has 0 unspecified atom stereocenters. The number of rotatable bonds is 6. The predicted octanol–water partition coefficient (Wildman–Crippen LogP) is 0.788. The first-order chi connectivity index (χ1) is 14.5. The van der Waals surface area contributed by atoms with Gasteiger partial charge in [-0.2, -0.15) is 0 Å². The number of nitro groups is 1. The van der Waals surface area contributed by atoms with Crippen molar-refractivity contribution in [1.29, 1.82) is 0 Å². The van der Waals surface area contributed by atoms with Crippen LogP contribution in [0.3, 0.4) is 0 Å². The maximum absolute atomic E-state index is 12.4. The van der Waals surface area contributed by atoms with Gasteiger partial charge in [0.1, 0.15) is 12.3 Å². The molecule has 0 radical (unpaired) electrons. The summed E-state index contributed by atoms with van der Waals surface area (Å²) < 4.78 is 7.54. The quantitative estimate of drug-likeness (QED) is 0.479. The Balaban J connectivity index is 1.33. The molecule has 0 aliphatic carbocycles. The summed E-state index contributed by atoms with van der Waals surface area (Å²) in [6, 6.07) is 14.1. The van der Waals surface area contributed by atoms with E-state index in [2.05, 4.69) is 4.98 Å². The number of aryl methyl sites for hydroxylation is 1. The van der Waals surface area contributed by atoms with Crippen LogP contribution in [-0.4, -0.2) is 58.1 Å². The third-order valence-corrected chi connectivity index (χ3v) is 5.50. The lowest BCUT2D eigenvalue weighted by molar-refractivity contribution is -0.918. The molecule has 30 heavy (non-hydrogen) atoms. The van der Waals surface area contributed by atoms with Gasteiger partial charge in [-0.25, -0.2) is 4.98 Å². The highest BCUT2D eigenvalue weighted by Gasteiger charge is 2.25. The lowest BCUT2D eigenvalue weighted by Gasteiger charge is -2.32. The number of carbonyl (C=O) groups excluding carboxylic acids is 1. The summed E-state index contributed by atoms with van der Waals surface area (Å²) in [6.45, 7) is 3.73. The van der Waals surface area contributed by atoms with E-state index in [0.29, 0.717) is 30.9 Å². The summed E-state index contributed by atoms with van der Waals surface area (Å²) in [5, 5.41) is 11.0. The van der Waals surface area contributed by atoms with Crippen molar-refractivity contribution in [3.8, 4) is 5.75 Å². The van der Waals surface area contributed by atoms with E-state index in [1.165, 1.54) is 17.0 Å². The average molecular weight is 410 g/mol. The Morgan fingerprint density at radius 3 is 2.63 bits per heavy atom. The summed E-state index contributed by atoms with van der Waals surface area (Å²) in [5.74, 6) is 1.57. The molecule has 0 bridgehead atoms. The van der Waals surface area contributed by atoms with E-state index in [1.807, 2.05) is 46.8 Å². The Hall–Kier alpha value is -3.46. The smallest absolute Gasteiger partial charge is 0.271 e. The monoisotopic (exact) mass is 410 g/mol. The first-order valence-corrected chi connectivity index (χ1v) is 9.90. The lowest BCUT2D eigenvalue weighted by atomic mass is 10.3. The molecule has 2 aromatic carbocycles. The van der Waals surface area contributed by atoms with Crippen LogP contribution in [-0.2, 0) is 18.4 Å². The molecular weight excluding hydrogens is 386 g/mol. The first kappa shape index (κ1) is 19.8. The molecule has 0 spiro atoms. The Bertz CT molecular complexity index is 1060. The number of hydrogen-bond acceptors (Lipinski definition) is 5. The van der Waals surface area contributed by atoms with Crippen molar-refractivity contribution >= 4 is 22.6 Å². The maximum Gasteiger partial charge on any atom is 0.271 e. The van der Waals surface area contributed by atoms with Crippen molar-refractivity contribution in [2.75, 3.05) is 32.8 Å². The number of benzene rings is 2. The van der Waals surface area contributed by atoms with Crippen LogP contribution in [0.4, 0.5) is 5.69 Å². The largest absolute Gasteiger partial charge is 0.484 e. The van der Waals surface area contributed by atoms with Crippen LogP contribution in [0.25, 0.3) is 11.0 Å². The van der Waals surface area contributed by atoms with Gasteiger partial charge in [0.2, 0.25) is 0 Å². The fraction of sp³-hybridized carbons (Fsp3) is 0.333. The summed E-state index contributed by atoms with van der Waals surface area (Å²) in [5.41, 5.74) is 1.55. The van der Waals surface area contributed by atoms with Gasteiger partial charge in [0.25, 0.3) is 11.6 Å². The van der Waals surface area contributed by atoms with Crippen molar-refractivity contribution < 1.29 is 19.4 Å². The van der Waals surface area contributed by atoms with Gasteiger partial charge in [-0.15, -0.1) is 0 Å². The van der Waals surface area contributed by atoms with E-state index in [1.54, 1.807) is 6.07 Å².